The highest BCUT2D eigenvalue weighted by Gasteiger charge is 2.39. The zero-order valence-corrected chi connectivity index (χ0v) is 14.0. The average Bonchev–Trinajstić information content (AvgIpc) is 2.96. The van der Waals surface area contributed by atoms with E-state index in [4.69, 9.17) is 9.47 Å². The van der Waals surface area contributed by atoms with E-state index in [1.807, 2.05) is 18.2 Å². The fourth-order valence-corrected chi connectivity index (χ4v) is 3.48. The van der Waals surface area contributed by atoms with Gasteiger partial charge in [-0.05, 0) is 25.3 Å². The molecule has 0 unspecified atom stereocenters. The second-order valence-electron chi connectivity index (χ2n) is 5.98. The van der Waals surface area contributed by atoms with Crippen LogP contribution in [-0.2, 0) is 19.1 Å². The maximum atomic E-state index is 11.7. The molecule has 0 N–H and O–H groups in total. The molecule has 3 atom stereocenters. The predicted octanol–water partition coefficient (Wildman–Crippen LogP) is 2.71. The second kappa shape index (κ2) is 8.11. The van der Waals surface area contributed by atoms with Gasteiger partial charge in [0.05, 0.1) is 27.1 Å². The van der Waals surface area contributed by atoms with Crippen molar-refractivity contribution in [3.63, 3.8) is 0 Å². The SMILES string of the molecule is COC(=O)C[C@@H]1CC[C@@H](CC(=O)OC)N1[C@H](C)c1ccccc1. The van der Waals surface area contributed by atoms with Gasteiger partial charge in [-0.15, -0.1) is 0 Å². The summed E-state index contributed by atoms with van der Waals surface area (Å²) in [6.45, 7) is 2.12. The van der Waals surface area contributed by atoms with Crippen LogP contribution < -0.4 is 0 Å². The van der Waals surface area contributed by atoms with Gasteiger partial charge in [-0.3, -0.25) is 14.5 Å². The van der Waals surface area contributed by atoms with E-state index in [0.29, 0.717) is 12.8 Å². The number of carbonyl (C=O) groups is 2. The molecule has 1 saturated heterocycles. The van der Waals surface area contributed by atoms with E-state index >= 15 is 0 Å². The van der Waals surface area contributed by atoms with Crippen LogP contribution >= 0.6 is 0 Å². The Bertz CT molecular complexity index is 505. The Morgan fingerprint density at radius 3 is 1.96 bits per heavy atom. The molecule has 1 fully saturated rings. The van der Waals surface area contributed by atoms with Crippen molar-refractivity contribution in [3.05, 3.63) is 35.9 Å². The number of hydrogen-bond acceptors (Lipinski definition) is 5. The smallest absolute Gasteiger partial charge is 0.307 e. The summed E-state index contributed by atoms with van der Waals surface area (Å²) in [6.07, 6.45) is 2.47. The van der Waals surface area contributed by atoms with Gasteiger partial charge in [0.15, 0.2) is 0 Å². The molecule has 23 heavy (non-hydrogen) atoms. The minimum atomic E-state index is -0.209. The zero-order chi connectivity index (χ0) is 16.8. The fourth-order valence-electron chi connectivity index (χ4n) is 3.48. The molecule has 0 aromatic heterocycles. The summed E-state index contributed by atoms with van der Waals surface area (Å²) in [6, 6.07) is 10.5. The average molecular weight is 319 g/mol. The van der Waals surface area contributed by atoms with Crippen molar-refractivity contribution in [1.82, 2.24) is 4.90 Å². The molecule has 0 radical (unpaired) electrons. The second-order valence-corrected chi connectivity index (χ2v) is 5.98. The molecule has 2 rings (SSSR count). The van der Waals surface area contributed by atoms with Gasteiger partial charge in [-0.2, -0.15) is 0 Å². The lowest BCUT2D eigenvalue weighted by molar-refractivity contribution is -0.142. The van der Waals surface area contributed by atoms with Gasteiger partial charge >= 0.3 is 11.9 Å². The molecule has 1 aromatic rings. The van der Waals surface area contributed by atoms with Crippen LogP contribution in [0.3, 0.4) is 0 Å². The zero-order valence-electron chi connectivity index (χ0n) is 14.0. The van der Waals surface area contributed by atoms with E-state index in [9.17, 15) is 9.59 Å². The number of ether oxygens (including phenoxy) is 2. The first-order valence-corrected chi connectivity index (χ1v) is 8.02. The highest BCUT2D eigenvalue weighted by atomic mass is 16.5. The van der Waals surface area contributed by atoms with E-state index in [2.05, 4.69) is 24.0 Å². The molecule has 0 spiro atoms. The van der Waals surface area contributed by atoms with Crippen LogP contribution in [0, 0.1) is 0 Å². The summed E-state index contributed by atoms with van der Waals surface area (Å²) in [5.74, 6) is -0.419. The van der Waals surface area contributed by atoms with Gasteiger partial charge in [0, 0.05) is 18.1 Å². The molecule has 0 amide bonds. The lowest BCUT2D eigenvalue weighted by Crippen LogP contribution is -2.40. The Labute approximate surface area is 137 Å². The summed E-state index contributed by atoms with van der Waals surface area (Å²) in [4.78, 5) is 25.7. The van der Waals surface area contributed by atoms with Gasteiger partial charge in [0.25, 0.3) is 0 Å². The van der Waals surface area contributed by atoms with Crippen molar-refractivity contribution in [2.75, 3.05) is 14.2 Å². The molecule has 0 saturated carbocycles. The van der Waals surface area contributed by atoms with E-state index in [0.717, 1.165) is 12.8 Å². The highest BCUT2D eigenvalue weighted by Crippen LogP contribution is 2.36. The largest absolute Gasteiger partial charge is 0.469 e. The fraction of sp³-hybridized carbons (Fsp3) is 0.556. The molecule has 1 heterocycles. The molecule has 1 aliphatic heterocycles. The van der Waals surface area contributed by atoms with Gasteiger partial charge < -0.3 is 9.47 Å². The van der Waals surface area contributed by atoms with Gasteiger partial charge in [-0.1, -0.05) is 30.3 Å². The van der Waals surface area contributed by atoms with Crippen LogP contribution in [0.25, 0.3) is 0 Å². The molecule has 126 valence electrons. The minimum Gasteiger partial charge on any atom is -0.469 e. The normalized spacial score (nSPS) is 22.6. The Kier molecular flexibility index (Phi) is 6.16. The third-order valence-electron chi connectivity index (χ3n) is 4.67. The summed E-state index contributed by atoms with van der Waals surface area (Å²) >= 11 is 0. The number of benzene rings is 1. The number of carbonyl (C=O) groups excluding carboxylic acids is 2. The Morgan fingerprint density at radius 1 is 1.04 bits per heavy atom. The van der Waals surface area contributed by atoms with Gasteiger partial charge in [0.2, 0.25) is 0 Å². The van der Waals surface area contributed by atoms with Gasteiger partial charge in [-0.25, -0.2) is 0 Å². The number of methoxy groups -OCH3 is 2. The summed E-state index contributed by atoms with van der Waals surface area (Å²) in [5, 5.41) is 0. The first kappa shape index (κ1) is 17.5. The van der Waals surface area contributed by atoms with Gasteiger partial charge in [0.1, 0.15) is 0 Å². The van der Waals surface area contributed by atoms with Crippen molar-refractivity contribution >= 4 is 11.9 Å². The first-order chi connectivity index (χ1) is 11.1. The van der Waals surface area contributed by atoms with Crippen LogP contribution in [0.1, 0.15) is 44.2 Å². The van der Waals surface area contributed by atoms with Crippen molar-refractivity contribution in [1.29, 1.82) is 0 Å². The van der Waals surface area contributed by atoms with E-state index in [-0.39, 0.29) is 30.1 Å². The van der Waals surface area contributed by atoms with Crippen molar-refractivity contribution < 1.29 is 19.1 Å². The standard InChI is InChI=1S/C18H25NO4/c1-13(14-7-5-4-6-8-14)19-15(11-17(20)22-2)9-10-16(19)12-18(21)23-3/h4-8,13,15-16H,9-12H2,1-3H3/t13-,15+,16+/m1/s1. The predicted molar refractivity (Wildman–Crippen MR) is 86.8 cm³/mol. The summed E-state index contributed by atoms with van der Waals surface area (Å²) < 4.78 is 9.65. The topological polar surface area (TPSA) is 55.8 Å². The molecule has 5 nitrogen and oxygen atoms in total. The third kappa shape index (κ3) is 4.32. The maximum absolute atomic E-state index is 11.7. The molecule has 1 aromatic carbocycles. The Morgan fingerprint density at radius 2 is 1.52 bits per heavy atom. The minimum absolute atomic E-state index is 0.0901. The van der Waals surface area contributed by atoms with Crippen molar-refractivity contribution in [2.45, 2.75) is 50.7 Å². The van der Waals surface area contributed by atoms with Crippen molar-refractivity contribution in [3.8, 4) is 0 Å². The number of likely N-dealkylation sites (tertiary alicyclic amines) is 1. The Hall–Kier alpha value is -1.88. The molecular weight excluding hydrogens is 294 g/mol. The third-order valence-corrected chi connectivity index (χ3v) is 4.67. The molecule has 1 aliphatic rings. The van der Waals surface area contributed by atoms with Crippen LogP contribution in [0.4, 0.5) is 0 Å². The van der Waals surface area contributed by atoms with E-state index in [1.165, 1.54) is 19.8 Å². The number of nitrogens with zero attached hydrogens (tertiary/aromatic N) is 1. The van der Waals surface area contributed by atoms with Crippen LogP contribution in [0.2, 0.25) is 0 Å². The van der Waals surface area contributed by atoms with Crippen LogP contribution in [0.5, 0.6) is 0 Å². The Balaban J connectivity index is 2.20. The summed E-state index contributed by atoms with van der Waals surface area (Å²) in [5.41, 5.74) is 1.18. The summed E-state index contributed by atoms with van der Waals surface area (Å²) in [7, 11) is 2.82. The number of hydrogen-bond donors (Lipinski definition) is 0. The van der Waals surface area contributed by atoms with Crippen LogP contribution in [-0.4, -0.2) is 43.1 Å². The highest BCUT2D eigenvalue weighted by molar-refractivity contribution is 5.71. The lowest BCUT2D eigenvalue weighted by atomic mass is 10.0. The monoisotopic (exact) mass is 319 g/mol. The van der Waals surface area contributed by atoms with E-state index < -0.39 is 0 Å². The van der Waals surface area contributed by atoms with Crippen molar-refractivity contribution in [2.24, 2.45) is 0 Å². The maximum Gasteiger partial charge on any atom is 0.307 e. The van der Waals surface area contributed by atoms with E-state index in [1.54, 1.807) is 0 Å². The number of esters is 2. The first-order valence-electron chi connectivity index (χ1n) is 8.02. The number of rotatable bonds is 6. The molecule has 0 bridgehead atoms. The lowest BCUT2D eigenvalue weighted by Gasteiger charge is -2.35. The molecule has 0 aliphatic carbocycles. The molecule has 5 heteroatoms. The van der Waals surface area contributed by atoms with Crippen LogP contribution in [0.15, 0.2) is 30.3 Å². The quantitative estimate of drug-likeness (QED) is 0.755. The molecular formula is C18H25NO4.